The molecule has 0 radical (unpaired) electrons. The summed E-state index contributed by atoms with van der Waals surface area (Å²) in [6, 6.07) is 30.1. The number of amides is 1. The molecule has 1 aliphatic rings. The third-order valence-corrected chi connectivity index (χ3v) is 7.12. The van der Waals surface area contributed by atoms with Crippen LogP contribution in [0.5, 0.6) is 5.75 Å². The first-order chi connectivity index (χ1) is 20.0. The Hall–Kier alpha value is -4.82. The summed E-state index contributed by atoms with van der Waals surface area (Å²) >= 11 is 0. The van der Waals surface area contributed by atoms with Crippen LogP contribution in [-0.4, -0.2) is 56.1 Å². The van der Waals surface area contributed by atoms with E-state index in [0.717, 1.165) is 60.4 Å². The van der Waals surface area contributed by atoms with E-state index in [1.54, 1.807) is 7.11 Å². The minimum absolute atomic E-state index is 0.256. The average Bonchev–Trinajstić information content (AvgIpc) is 3.01. The predicted octanol–water partition coefficient (Wildman–Crippen LogP) is 6.05. The molecule has 0 spiro atoms. The molecule has 4 aromatic rings. The Morgan fingerprint density at radius 1 is 0.976 bits per heavy atom. The van der Waals surface area contributed by atoms with Gasteiger partial charge in [-0.25, -0.2) is 4.98 Å². The van der Waals surface area contributed by atoms with Crippen LogP contribution in [0.2, 0.25) is 0 Å². The van der Waals surface area contributed by atoms with Gasteiger partial charge in [0.25, 0.3) is 0 Å². The first-order valence-electron chi connectivity index (χ1n) is 13.7. The van der Waals surface area contributed by atoms with Gasteiger partial charge in [0, 0.05) is 55.9 Å². The van der Waals surface area contributed by atoms with Crippen molar-refractivity contribution in [2.75, 3.05) is 60.8 Å². The molecule has 41 heavy (non-hydrogen) atoms. The number of carbonyl (C=O) groups excluding carboxylic acids is 1. The normalized spacial score (nSPS) is 13.4. The van der Waals surface area contributed by atoms with Gasteiger partial charge >= 0.3 is 0 Å². The van der Waals surface area contributed by atoms with E-state index < -0.39 is 0 Å². The number of ether oxygens (including phenoxy) is 1. The van der Waals surface area contributed by atoms with E-state index in [1.165, 1.54) is 6.08 Å². The molecule has 1 amide bonds. The van der Waals surface area contributed by atoms with E-state index in [0.29, 0.717) is 18.1 Å². The van der Waals surface area contributed by atoms with E-state index in [9.17, 15) is 4.79 Å². The molecular formula is C33H36N6O2. The van der Waals surface area contributed by atoms with Crippen LogP contribution in [0.4, 0.5) is 34.4 Å². The molecule has 2 N–H and O–H groups in total. The van der Waals surface area contributed by atoms with E-state index in [-0.39, 0.29) is 5.91 Å². The number of benzene rings is 3. The van der Waals surface area contributed by atoms with Crippen LogP contribution in [0.15, 0.2) is 104 Å². The Kier molecular flexibility index (Phi) is 8.81. The Bertz CT molecular complexity index is 1480. The number of piperazine rings is 1. The van der Waals surface area contributed by atoms with Crippen LogP contribution in [0.25, 0.3) is 0 Å². The second kappa shape index (κ2) is 13.0. The molecule has 0 atom stereocenters. The number of anilines is 6. The number of carbonyl (C=O) groups is 1. The first kappa shape index (κ1) is 27.7. The lowest BCUT2D eigenvalue weighted by Crippen LogP contribution is -2.44. The highest BCUT2D eigenvalue weighted by molar-refractivity contribution is 5.99. The number of rotatable bonds is 10. The lowest BCUT2D eigenvalue weighted by molar-refractivity contribution is -0.111. The van der Waals surface area contributed by atoms with Crippen molar-refractivity contribution in [2.45, 2.75) is 6.54 Å². The van der Waals surface area contributed by atoms with Gasteiger partial charge in [0.15, 0.2) is 0 Å². The molecule has 1 aliphatic heterocycles. The van der Waals surface area contributed by atoms with Crippen LogP contribution in [0.1, 0.15) is 5.56 Å². The van der Waals surface area contributed by atoms with Crippen molar-refractivity contribution in [3.05, 3.63) is 109 Å². The zero-order valence-corrected chi connectivity index (χ0v) is 23.6. The summed E-state index contributed by atoms with van der Waals surface area (Å²) in [6.07, 6.45) is 1.26. The van der Waals surface area contributed by atoms with Gasteiger partial charge < -0.3 is 30.1 Å². The molecule has 0 aliphatic carbocycles. The zero-order chi connectivity index (χ0) is 28.6. The lowest BCUT2D eigenvalue weighted by atomic mass is 10.2. The molecule has 0 saturated carbocycles. The van der Waals surface area contributed by atoms with Crippen molar-refractivity contribution in [1.29, 1.82) is 0 Å². The van der Waals surface area contributed by atoms with Crippen molar-refractivity contribution in [3.63, 3.8) is 0 Å². The van der Waals surface area contributed by atoms with Crippen LogP contribution < -0.4 is 25.2 Å². The number of aromatic nitrogens is 1. The largest absolute Gasteiger partial charge is 0.494 e. The Labute approximate surface area is 241 Å². The van der Waals surface area contributed by atoms with E-state index in [2.05, 4.69) is 63.2 Å². The SMILES string of the molecule is C=CC(=O)Nc1cccc(N(Cc2ccccc2)c2cccc(Nc3ccc(N4CCN(C)CC4)cc3OC)n2)c1. The highest BCUT2D eigenvalue weighted by Gasteiger charge is 2.17. The van der Waals surface area contributed by atoms with Crippen LogP contribution in [0, 0.1) is 0 Å². The van der Waals surface area contributed by atoms with Gasteiger partial charge in [-0.05, 0) is 61.2 Å². The monoisotopic (exact) mass is 548 g/mol. The number of nitrogens with one attached hydrogen (secondary N) is 2. The second-order valence-electron chi connectivity index (χ2n) is 10.00. The zero-order valence-electron chi connectivity index (χ0n) is 23.6. The maximum Gasteiger partial charge on any atom is 0.247 e. The quantitative estimate of drug-likeness (QED) is 0.234. The Morgan fingerprint density at radius 2 is 1.76 bits per heavy atom. The molecule has 0 unspecified atom stereocenters. The maximum absolute atomic E-state index is 11.9. The van der Waals surface area contributed by atoms with Crippen LogP contribution >= 0.6 is 0 Å². The number of methoxy groups -OCH3 is 1. The molecule has 0 bridgehead atoms. The predicted molar refractivity (Wildman–Crippen MR) is 168 cm³/mol. The number of pyridine rings is 1. The molecule has 3 aromatic carbocycles. The van der Waals surface area contributed by atoms with Crippen LogP contribution in [-0.2, 0) is 11.3 Å². The number of hydrogen-bond donors (Lipinski definition) is 2. The topological polar surface area (TPSA) is 73.0 Å². The van der Waals surface area contributed by atoms with Gasteiger partial charge in [0.2, 0.25) is 5.91 Å². The van der Waals surface area contributed by atoms with Crippen molar-refractivity contribution < 1.29 is 9.53 Å². The molecule has 210 valence electrons. The fraction of sp³-hybridized carbons (Fsp3) is 0.212. The lowest BCUT2D eigenvalue weighted by Gasteiger charge is -2.34. The third-order valence-electron chi connectivity index (χ3n) is 7.12. The second-order valence-corrected chi connectivity index (χ2v) is 10.00. The van der Waals surface area contributed by atoms with E-state index >= 15 is 0 Å². The average molecular weight is 549 g/mol. The van der Waals surface area contributed by atoms with E-state index in [1.807, 2.05) is 66.7 Å². The Morgan fingerprint density at radius 3 is 2.51 bits per heavy atom. The highest BCUT2D eigenvalue weighted by Crippen LogP contribution is 2.34. The smallest absolute Gasteiger partial charge is 0.247 e. The maximum atomic E-state index is 11.9. The number of hydrogen-bond acceptors (Lipinski definition) is 7. The molecule has 8 heteroatoms. The molecule has 8 nitrogen and oxygen atoms in total. The first-order valence-corrected chi connectivity index (χ1v) is 13.7. The summed E-state index contributed by atoms with van der Waals surface area (Å²) in [5, 5.41) is 6.31. The van der Waals surface area contributed by atoms with Crippen LogP contribution in [0.3, 0.4) is 0 Å². The summed E-state index contributed by atoms with van der Waals surface area (Å²) in [7, 11) is 3.85. The minimum atomic E-state index is -0.256. The molecule has 1 aromatic heterocycles. The fourth-order valence-corrected chi connectivity index (χ4v) is 4.84. The van der Waals surface area contributed by atoms with Gasteiger partial charge in [-0.2, -0.15) is 0 Å². The number of nitrogens with zero attached hydrogens (tertiary/aromatic N) is 4. The molecule has 2 heterocycles. The molecular weight excluding hydrogens is 512 g/mol. The summed E-state index contributed by atoms with van der Waals surface area (Å²) in [5.41, 5.74) is 4.71. The summed E-state index contributed by atoms with van der Waals surface area (Å²) in [5.74, 6) is 1.97. The van der Waals surface area contributed by atoms with Gasteiger partial charge in [-0.3, -0.25) is 4.79 Å². The van der Waals surface area contributed by atoms with Gasteiger partial charge in [0.1, 0.15) is 17.4 Å². The van der Waals surface area contributed by atoms with Crippen molar-refractivity contribution in [1.82, 2.24) is 9.88 Å². The minimum Gasteiger partial charge on any atom is -0.494 e. The van der Waals surface area contributed by atoms with Crippen molar-refractivity contribution in [3.8, 4) is 5.75 Å². The molecule has 1 saturated heterocycles. The van der Waals surface area contributed by atoms with Gasteiger partial charge in [0.05, 0.1) is 12.8 Å². The summed E-state index contributed by atoms with van der Waals surface area (Å²) < 4.78 is 5.77. The standard InChI is InChI=1S/C33H36N6O2/c1-4-33(40)34-26-12-8-13-28(22-26)39(24-25-10-6-5-7-11-25)32-15-9-14-31(36-32)35-29-17-16-27(23-30(29)41-3)38-20-18-37(2)19-21-38/h4-17,22-23H,1,18-21,24H2,2-3H3,(H,34,40)(H,35,36). The fourth-order valence-electron chi connectivity index (χ4n) is 4.84. The third kappa shape index (κ3) is 7.04. The molecule has 5 rings (SSSR count). The van der Waals surface area contributed by atoms with Crippen molar-refractivity contribution >= 4 is 40.3 Å². The number of likely N-dealkylation sites (N-methyl/N-ethyl adjacent to an activating group) is 1. The van der Waals surface area contributed by atoms with Crippen molar-refractivity contribution in [2.24, 2.45) is 0 Å². The summed E-state index contributed by atoms with van der Waals surface area (Å²) in [6.45, 7) is 8.22. The van der Waals surface area contributed by atoms with E-state index in [4.69, 9.17) is 9.72 Å². The summed E-state index contributed by atoms with van der Waals surface area (Å²) in [4.78, 5) is 23.8. The van der Waals surface area contributed by atoms with Gasteiger partial charge in [-0.1, -0.05) is 49.0 Å². The highest BCUT2D eigenvalue weighted by atomic mass is 16.5. The Balaban J connectivity index is 1.43. The van der Waals surface area contributed by atoms with Gasteiger partial charge in [-0.15, -0.1) is 0 Å². The molecule has 1 fully saturated rings.